The van der Waals surface area contributed by atoms with Gasteiger partial charge in [0, 0.05) is 43.5 Å². The van der Waals surface area contributed by atoms with Crippen LogP contribution < -0.4 is 9.64 Å². The minimum absolute atomic E-state index is 0.203. The molecule has 0 aliphatic carbocycles. The van der Waals surface area contributed by atoms with Crippen molar-refractivity contribution in [1.29, 1.82) is 0 Å². The van der Waals surface area contributed by atoms with Crippen molar-refractivity contribution in [1.82, 2.24) is 20.2 Å². The van der Waals surface area contributed by atoms with Gasteiger partial charge in [0.1, 0.15) is 5.75 Å². The van der Waals surface area contributed by atoms with Crippen molar-refractivity contribution >= 4 is 5.95 Å². The van der Waals surface area contributed by atoms with Gasteiger partial charge in [-0.25, -0.2) is 9.97 Å². The smallest absolute Gasteiger partial charge is 0.416 e. The SMILES string of the molecule is FC(F)(F)c1cccc(OCCc2cc(C3CCN(c4ncccn4)C3)n[nH]2)c1. The minimum Gasteiger partial charge on any atom is -0.493 e. The van der Waals surface area contributed by atoms with Gasteiger partial charge in [0.05, 0.1) is 17.9 Å². The number of rotatable bonds is 6. The molecule has 1 aromatic carbocycles. The zero-order valence-electron chi connectivity index (χ0n) is 15.6. The quantitative estimate of drug-likeness (QED) is 0.678. The summed E-state index contributed by atoms with van der Waals surface area (Å²) < 4.78 is 43.8. The largest absolute Gasteiger partial charge is 0.493 e. The molecule has 1 aliphatic heterocycles. The van der Waals surface area contributed by atoms with Gasteiger partial charge in [0.2, 0.25) is 5.95 Å². The maximum absolute atomic E-state index is 12.8. The molecule has 1 saturated heterocycles. The predicted molar refractivity (Wildman–Crippen MR) is 101 cm³/mol. The van der Waals surface area contributed by atoms with Gasteiger partial charge in [-0.2, -0.15) is 18.3 Å². The number of nitrogens with zero attached hydrogens (tertiary/aromatic N) is 4. The van der Waals surface area contributed by atoms with Crippen molar-refractivity contribution < 1.29 is 17.9 Å². The molecule has 0 amide bonds. The normalized spacial score (nSPS) is 16.9. The van der Waals surface area contributed by atoms with E-state index < -0.39 is 11.7 Å². The van der Waals surface area contributed by atoms with Crippen molar-refractivity contribution in [3.8, 4) is 5.75 Å². The molecule has 4 rings (SSSR count). The topological polar surface area (TPSA) is 66.9 Å². The fraction of sp³-hybridized carbons (Fsp3) is 0.350. The molecule has 0 radical (unpaired) electrons. The number of benzene rings is 1. The molecule has 1 fully saturated rings. The summed E-state index contributed by atoms with van der Waals surface area (Å²) in [6.45, 7) is 1.93. The maximum Gasteiger partial charge on any atom is 0.416 e. The van der Waals surface area contributed by atoms with Crippen molar-refractivity contribution in [2.45, 2.75) is 24.9 Å². The van der Waals surface area contributed by atoms with E-state index >= 15 is 0 Å². The van der Waals surface area contributed by atoms with Crippen molar-refractivity contribution in [2.24, 2.45) is 0 Å². The second-order valence-electron chi connectivity index (χ2n) is 6.92. The van der Waals surface area contributed by atoms with Crippen LogP contribution in [0.4, 0.5) is 19.1 Å². The molecule has 1 N–H and O–H groups in total. The summed E-state index contributed by atoms with van der Waals surface area (Å²) in [6.07, 6.45) is 0.571. The van der Waals surface area contributed by atoms with Crippen LogP contribution in [-0.4, -0.2) is 39.9 Å². The van der Waals surface area contributed by atoms with Gasteiger partial charge < -0.3 is 9.64 Å². The molecule has 2 aromatic heterocycles. The first-order valence-corrected chi connectivity index (χ1v) is 9.35. The van der Waals surface area contributed by atoms with Crippen LogP contribution in [0.5, 0.6) is 5.75 Å². The average Bonchev–Trinajstić information content (AvgIpc) is 3.38. The summed E-state index contributed by atoms with van der Waals surface area (Å²) in [5, 5.41) is 7.40. The Kier molecular flexibility index (Phi) is 5.37. The number of hydrogen-bond acceptors (Lipinski definition) is 5. The number of H-pyrrole nitrogens is 1. The first-order chi connectivity index (χ1) is 14.0. The highest BCUT2D eigenvalue weighted by molar-refractivity contribution is 5.33. The second kappa shape index (κ2) is 8.10. The van der Waals surface area contributed by atoms with Crippen molar-refractivity contribution in [2.75, 3.05) is 24.6 Å². The predicted octanol–water partition coefficient (Wildman–Crippen LogP) is 3.83. The van der Waals surface area contributed by atoms with Gasteiger partial charge in [0.15, 0.2) is 0 Å². The van der Waals surface area contributed by atoms with Crippen molar-refractivity contribution in [3.63, 3.8) is 0 Å². The van der Waals surface area contributed by atoms with E-state index in [0.29, 0.717) is 6.42 Å². The Morgan fingerprint density at radius 2 is 1.97 bits per heavy atom. The summed E-state index contributed by atoms with van der Waals surface area (Å²) in [4.78, 5) is 10.7. The van der Waals surface area contributed by atoms with Crippen LogP contribution in [0, 0.1) is 0 Å². The highest BCUT2D eigenvalue weighted by atomic mass is 19.4. The van der Waals surface area contributed by atoms with E-state index in [1.54, 1.807) is 18.5 Å². The van der Waals surface area contributed by atoms with Gasteiger partial charge >= 0.3 is 6.18 Å². The Morgan fingerprint density at radius 1 is 1.14 bits per heavy atom. The molecule has 0 bridgehead atoms. The summed E-state index contributed by atoms with van der Waals surface area (Å²) in [7, 11) is 0. The van der Waals surface area contributed by atoms with Gasteiger partial charge in [-0.15, -0.1) is 0 Å². The number of anilines is 1. The lowest BCUT2D eigenvalue weighted by molar-refractivity contribution is -0.137. The molecule has 3 aromatic rings. The number of alkyl halides is 3. The molecule has 3 heterocycles. The van der Waals surface area contributed by atoms with Crippen LogP contribution in [0.3, 0.4) is 0 Å². The van der Waals surface area contributed by atoms with Crippen LogP contribution in [0.2, 0.25) is 0 Å². The molecule has 1 aliphatic rings. The zero-order chi connectivity index (χ0) is 20.3. The van der Waals surface area contributed by atoms with Crippen molar-refractivity contribution in [3.05, 3.63) is 65.7 Å². The van der Waals surface area contributed by atoms with Crippen LogP contribution in [0.1, 0.15) is 29.3 Å². The summed E-state index contributed by atoms with van der Waals surface area (Å²) in [5.41, 5.74) is 1.14. The average molecular weight is 403 g/mol. The van der Waals surface area contributed by atoms with E-state index in [4.69, 9.17) is 4.74 Å². The van der Waals surface area contributed by atoms with Gasteiger partial charge in [-0.1, -0.05) is 6.07 Å². The van der Waals surface area contributed by atoms with E-state index in [-0.39, 0.29) is 18.3 Å². The molecular weight excluding hydrogens is 383 g/mol. The van der Waals surface area contributed by atoms with E-state index in [0.717, 1.165) is 49.0 Å². The summed E-state index contributed by atoms with van der Waals surface area (Å²) in [5.74, 6) is 1.21. The molecule has 0 spiro atoms. The maximum atomic E-state index is 12.8. The lowest BCUT2D eigenvalue weighted by atomic mass is 10.0. The van der Waals surface area contributed by atoms with Gasteiger partial charge in [-0.05, 0) is 36.8 Å². The Morgan fingerprint density at radius 3 is 2.76 bits per heavy atom. The number of hydrogen-bond donors (Lipinski definition) is 1. The van der Waals surface area contributed by atoms with Gasteiger partial charge in [0.25, 0.3) is 0 Å². The number of halogens is 3. The van der Waals surface area contributed by atoms with E-state index in [2.05, 4.69) is 25.1 Å². The monoisotopic (exact) mass is 403 g/mol. The molecule has 0 saturated carbocycles. The first kappa shape index (κ1) is 19.2. The Hall–Kier alpha value is -3.10. The molecule has 1 atom stereocenters. The third-order valence-electron chi connectivity index (χ3n) is 4.89. The Labute approximate surface area is 165 Å². The molecule has 29 heavy (non-hydrogen) atoms. The Balaban J connectivity index is 1.30. The van der Waals surface area contributed by atoms with Crippen LogP contribution >= 0.6 is 0 Å². The molecule has 6 nitrogen and oxygen atoms in total. The van der Waals surface area contributed by atoms with Gasteiger partial charge in [-0.3, -0.25) is 5.10 Å². The Bertz CT molecular complexity index is 945. The van der Waals surface area contributed by atoms with E-state index in [1.807, 2.05) is 6.07 Å². The third kappa shape index (κ3) is 4.67. The minimum atomic E-state index is -4.38. The highest BCUT2D eigenvalue weighted by Crippen LogP contribution is 2.31. The second-order valence-corrected chi connectivity index (χ2v) is 6.92. The number of aromatic amines is 1. The fourth-order valence-corrected chi connectivity index (χ4v) is 3.40. The summed E-state index contributed by atoms with van der Waals surface area (Å²) in [6, 6.07) is 8.69. The van der Waals surface area contributed by atoms with E-state index in [9.17, 15) is 13.2 Å². The number of aromatic nitrogens is 4. The number of nitrogens with one attached hydrogen (secondary N) is 1. The lowest BCUT2D eigenvalue weighted by Gasteiger charge is -2.14. The summed E-state index contributed by atoms with van der Waals surface area (Å²) >= 11 is 0. The molecule has 9 heteroatoms. The third-order valence-corrected chi connectivity index (χ3v) is 4.89. The fourth-order valence-electron chi connectivity index (χ4n) is 3.40. The number of ether oxygens (including phenoxy) is 1. The van der Waals surface area contributed by atoms with E-state index in [1.165, 1.54) is 12.1 Å². The van der Waals surface area contributed by atoms with Crippen LogP contribution in [0.15, 0.2) is 48.8 Å². The molecule has 152 valence electrons. The van der Waals surface area contributed by atoms with Crippen LogP contribution in [0.25, 0.3) is 0 Å². The molecular formula is C20H20F3N5O. The van der Waals surface area contributed by atoms with Crippen LogP contribution in [-0.2, 0) is 12.6 Å². The standard InChI is InChI=1S/C20H20F3N5O/c21-20(22,23)15-3-1-4-17(11-15)29-10-6-16-12-18(27-26-16)14-5-9-28(13-14)19-24-7-2-8-25-19/h1-4,7-8,11-12,14H,5-6,9-10,13H2,(H,26,27). The zero-order valence-corrected chi connectivity index (χ0v) is 15.6. The molecule has 1 unspecified atom stereocenters. The lowest BCUT2D eigenvalue weighted by Crippen LogP contribution is -2.21. The first-order valence-electron chi connectivity index (χ1n) is 9.35. The highest BCUT2D eigenvalue weighted by Gasteiger charge is 2.30.